The van der Waals surface area contributed by atoms with Crippen molar-refractivity contribution in [3.05, 3.63) is 24.3 Å². The number of nitrogens with one attached hydrogen (secondary N) is 1. The molecule has 6 nitrogen and oxygen atoms in total. The monoisotopic (exact) mass is 358 g/mol. The molecular weight excluding hydrogens is 336 g/mol. The van der Waals surface area contributed by atoms with Crippen LogP contribution in [0.15, 0.2) is 34.1 Å². The Hall–Kier alpha value is -0.960. The van der Waals surface area contributed by atoms with Crippen molar-refractivity contribution in [2.45, 2.75) is 29.1 Å². The first-order chi connectivity index (χ1) is 10.7. The first-order valence-electron chi connectivity index (χ1n) is 7.74. The summed E-state index contributed by atoms with van der Waals surface area (Å²) in [5.41, 5.74) is 0.0536. The van der Waals surface area contributed by atoms with E-state index in [0.717, 1.165) is 38.6 Å². The van der Waals surface area contributed by atoms with Crippen LogP contribution in [0.1, 0.15) is 19.3 Å². The molecule has 0 aliphatic carbocycles. The maximum atomic E-state index is 12.8. The molecule has 2 aliphatic heterocycles. The van der Waals surface area contributed by atoms with Gasteiger partial charge in [-0.25, -0.2) is 16.8 Å². The lowest BCUT2D eigenvalue weighted by molar-refractivity contribution is 0.224. The van der Waals surface area contributed by atoms with E-state index in [1.807, 2.05) is 0 Å². The van der Waals surface area contributed by atoms with E-state index >= 15 is 0 Å². The lowest BCUT2D eigenvalue weighted by Gasteiger charge is -2.33. The van der Waals surface area contributed by atoms with Gasteiger partial charge >= 0.3 is 0 Å². The number of hydrogen-bond acceptors (Lipinski definition) is 5. The minimum atomic E-state index is -3.57. The fourth-order valence-electron chi connectivity index (χ4n) is 3.49. The summed E-state index contributed by atoms with van der Waals surface area (Å²) in [6.07, 6.45) is 4.12. The van der Waals surface area contributed by atoms with Gasteiger partial charge in [0.2, 0.25) is 10.0 Å². The second-order valence-corrected chi connectivity index (χ2v) is 10.6. The van der Waals surface area contributed by atoms with Gasteiger partial charge in [-0.3, -0.25) is 0 Å². The Labute approximate surface area is 137 Å². The molecule has 1 N–H and O–H groups in total. The van der Waals surface area contributed by atoms with Crippen molar-refractivity contribution in [3.63, 3.8) is 0 Å². The van der Waals surface area contributed by atoms with Crippen LogP contribution in [0.3, 0.4) is 0 Å². The van der Waals surface area contributed by atoms with Gasteiger partial charge in [-0.05, 0) is 55.5 Å². The van der Waals surface area contributed by atoms with Gasteiger partial charge in [-0.2, -0.15) is 4.31 Å². The van der Waals surface area contributed by atoms with Crippen LogP contribution in [-0.2, 0) is 19.9 Å². The van der Waals surface area contributed by atoms with Gasteiger partial charge in [-0.1, -0.05) is 0 Å². The zero-order valence-corrected chi connectivity index (χ0v) is 14.8. The molecule has 0 saturated carbocycles. The average molecular weight is 358 g/mol. The first-order valence-corrected chi connectivity index (χ1v) is 11.1. The Morgan fingerprint density at radius 3 is 2.26 bits per heavy atom. The summed E-state index contributed by atoms with van der Waals surface area (Å²) in [5.74, 6) is 0. The van der Waals surface area contributed by atoms with Crippen molar-refractivity contribution < 1.29 is 16.8 Å². The third kappa shape index (κ3) is 3.31. The molecule has 8 heteroatoms. The molecule has 2 saturated heterocycles. The van der Waals surface area contributed by atoms with Gasteiger partial charge in [0.05, 0.1) is 9.79 Å². The summed E-state index contributed by atoms with van der Waals surface area (Å²) in [7, 11) is -6.89. The van der Waals surface area contributed by atoms with E-state index in [2.05, 4.69) is 5.32 Å². The molecule has 2 fully saturated rings. The van der Waals surface area contributed by atoms with E-state index in [-0.39, 0.29) is 15.2 Å². The first kappa shape index (κ1) is 16.9. The Balaban J connectivity index is 1.82. The van der Waals surface area contributed by atoms with E-state index in [1.165, 1.54) is 28.6 Å². The fraction of sp³-hybridized carbons (Fsp3) is 0.600. The quantitative estimate of drug-likeness (QED) is 0.866. The minimum absolute atomic E-state index is 0.0536. The van der Waals surface area contributed by atoms with Gasteiger partial charge in [0, 0.05) is 25.9 Å². The van der Waals surface area contributed by atoms with Crippen molar-refractivity contribution in [2.24, 2.45) is 5.41 Å². The van der Waals surface area contributed by atoms with Crippen LogP contribution >= 0.6 is 0 Å². The zero-order valence-electron chi connectivity index (χ0n) is 13.2. The third-order valence-corrected chi connectivity index (χ3v) is 7.84. The molecule has 0 radical (unpaired) electrons. The van der Waals surface area contributed by atoms with E-state index in [0.29, 0.717) is 13.1 Å². The molecule has 2 heterocycles. The SMILES string of the molecule is CS(=O)(=O)c1ccc(S(=O)(=O)N2CC[C@]3(CCCNC3)C2)cc1. The van der Waals surface area contributed by atoms with Crippen molar-refractivity contribution in [1.82, 2.24) is 9.62 Å². The molecule has 3 rings (SSSR count). The summed E-state index contributed by atoms with van der Waals surface area (Å²) in [4.78, 5) is 0.288. The maximum Gasteiger partial charge on any atom is 0.243 e. The molecule has 0 amide bonds. The van der Waals surface area contributed by atoms with Crippen molar-refractivity contribution in [1.29, 1.82) is 0 Å². The van der Waals surface area contributed by atoms with Crippen LogP contribution in [0.25, 0.3) is 0 Å². The van der Waals surface area contributed by atoms with Crippen LogP contribution in [-0.4, -0.2) is 53.6 Å². The van der Waals surface area contributed by atoms with Gasteiger partial charge in [0.1, 0.15) is 0 Å². The molecule has 1 aromatic carbocycles. The predicted octanol–water partition coefficient (Wildman–Crippen LogP) is 0.854. The normalized spacial score (nSPS) is 26.7. The highest BCUT2D eigenvalue weighted by Crippen LogP contribution is 2.38. The van der Waals surface area contributed by atoms with E-state index < -0.39 is 19.9 Å². The second kappa shape index (κ2) is 5.84. The van der Waals surface area contributed by atoms with Crippen LogP contribution < -0.4 is 5.32 Å². The molecule has 2 aliphatic rings. The maximum absolute atomic E-state index is 12.8. The lowest BCUT2D eigenvalue weighted by Crippen LogP contribution is -2.42. The number of hydrogen-bond donors (Lipinski definition) is 1. The van der Waals surface area contributed by atoms with Gasteiger partial charge in [-0.15, -0.1) is 0 Å². The summed E-state index contributed by atoms with van der Waals surface area (Å²) in [6.45, 7) is 2.93. The largest absolute Gasteiger partial charge is 0.316 e. The zero-order chi connectivity index (χ0) is 16.7. The summed E-state index contributed by atoms with van der Waals surface area (Å²) in [6, 6.07) is 5.48. The Kier molecular flexibility index (Phi) is 4.29. The van der Waals surface area contributed by atoms with Crippen LogP contribution in [0, 0.1) is 5.41 Å². The van der Waals surface area contributed by atoms with Gasteiger partial charge in [0.15, 0.2) is 9.84 Å². The number of nitrogens with zero attached hydrogens (tertiary/aromatic N) is 1. The molecule has 1 atom stereocenters. The number of rotatable bonds is 3. The highest BCUT2D eigenvalue weighted by atomic mass is 32.2. The average Bonchev–Trinajstić information content (AvgIpc) is 2.92. The summed E-state index contributed by atoms with van der Waals surface area (Å²) in [5, 5.41) is 3.37. The number of benzene rings is 1. The molecule has 0 bridgehead atoms. The van der Waals surface area contributed by atoms with Crippen LogP contribution in [0.2, 0.25) is 0 Å². The number of piperidine rings is 1. The smallest absolute Gasteiger partial charge is 0.243 e. The molecular formula is C15H22N2O4S2. The highest BCUT2D eigenvalue weighted by Gasteiger charge is 2.43. The molecule has 0 unspecified atom stereocenters. The number of sulfone groups is 1. The predicted molar refractivity (Wildman–Crippen MR) is 87.5 cm³/mol. The Morgan fingerprint density at radius 2 is 1.70 bits per heavy atom. The molecule has 1 spiro atoms. The van der Waals surface area contributed by atoms with E-state index in [4.69, 9.17) is 0 Å². The van der Waals surface area contributed by atoms with Crippen LogP contribution in [0.5, 0.6) is 0 Å². The summed E-state index contributed by atoms with van der Waals surface area (Å²) >= 11 is 0. The minimum Gasteiger partial charge on any atom is -0.316 e. The highest BCUT2D eigenvalue weighted by molar-refractivity contribution is 7.90. The lowest BCUT2D eigenvalue weighted by atomic mass is 9.80. The molecule has 1 aromatic rings. The Bertz CT molecular complexity index is 779. The second-order valence-electron chi connectivity index (χ2n) is 6.61. The van der Waals surface area contributed by atoms with Gasteiger partial charge in [0.25, 0.3) is 0 Å². The Morgan fingerprint density at radius 1 is 1.04 bits per heavy atom. The fourth-order valence-corrected chi connectivity index (χ4v) is 5.67. The van der Waals surface area contributed by atoms with Crippen LogP contribution in [0.4, 0.5) is 0 Å². The third-order valence-electron chi connectivity index (χ3n) is 4.85. The van der Waals surface area contributed by atoms with Crippen molar-refractivity contribution in [2.75, 3.05) is 32.4 Å². The molecule has 23 heavy (non-hydrogen) atoms. The van der Waals surface area contributed by atoms with Crippen molar-refractivity contribution >= 4 is 19.9 Å². The van der Waals surface area contributed by atoms with E-state index in [1.54, 1.807) is 0 Å². The molecule has 128 valence electrons. The topological polar surface area (TPSA) is 83.5 Å². The van der Waals surface area contributed by atoms with Crippen molar-refractivity contribution in [3.8, 4) is 0 Å². The summed E-state index contributed by atoms with van der Waals surface area (Å²) < 4.78 is 50.1. The van der Waals surface area contributed by atoms with E-state index in [9.17, 15) is 16.8 Å². The molecule has 0 aromatic heterocycles. The number of sulfonamides is 1. The standard InChI is InChI=1S/C15H22N2O4S2/c1-22(18,19)13-3-5-14(6-4-13)23(20,21)17-10-8-15(12-17)7-2-9-16-11-15/h3-6,16H,2,7-12H2,1H3/t15-/m0/s1. The van der Waals surface area contributed by atoms with Gasteiger partial charge < -0.3 is 5.32 Å².